The minimum absolute atomic E-state index is 0.00433. The lowest BCUT2D eigenvalue weighted by atomic mass is 9.92. The maximum Gasteiger partial charge on any atom is 0.338 e. The number of carbonyl (C=O) groups excluding carboxylic acids is 3. The molecule has 302 valence electrons. The van der Waals surface area contributed by atoms with Gasteiger partial charge < -0.3 is 27.9 Å². The van der Waals surface area contributed by atoms with Crippen molar-refractivity contribution in [3.05, 3.63) is 120 Å². The molecule has 0 aliphatic carbocycles. The van der Waals surface area contributed by atoms with E-state index in [1.54, 1.807) is 91.0 Å². The molecule has 10 nitrogen and oxygen atoms in total. The molecule has 3 aromatic rings. The molecule has 2 bridgehead atoms. The Kier molecular flexibility index (Phi) is 14.7. The van der Waals surface area contributed by atoms with Crippen LogP contribution in [-0.4, -0.2) is 83.8 Å². The van der Waals surface area contributed by atoms with Crippen molar-refractivity contribution in [2.75, 3.05) is 12.4 Å². The van der Waals surface area contributed by atoms with Crippen molar-refractivity contribution < 1.29 is 42.3 Å². The van der Waals surface area contributed by atoms with Gasteiger partial charge in [-0.3, -0.25) is 0 Å². The van der Waals surface area contributed by atoms with Gasteiger partial charge in [0.1, 0.15) is 16.3 Å². The Bertz CT molecular complexity index is 1780. The molecule has 1 N–H and O–H groups in total. The SMILES string of the molecule is CC(C)(C)[S+]([O-])N[C@@H]1CC=C[C@@H](CO[Si](C)(C)C(C)(C)C)CS[C@H]2O[C@H]1[C@H](OC(=O)c1ccccc1)[C@H](OC(=O)c1ccccc1)[C@H]2OC(=O)c1ccccc1. The van der Waals surface area contributed by atoms with Gasteiger partial charge in [0.25, 0.3) is 0 Å². The Labute approximate surface area is 339 Å². The van der Waals surface area contributed by atoms with Crippen LogP contribution in [0, 0.1) is 5.92 Å². The highest BCUT2D eigenvalue weighted by Crippen LogP contribution is 2.40. The van der Waals surface area contributed by atoms with Crippen molar-refractivity contribution in [2.45, 2.75) is 107 Å². The van der Waals surface area contributed by atoms with Gasteiger partial charge in [0.05, 0.1) is 22.7 Å². The summed E-state index contributed by atoms with van der Waals surface area (Å²) < 4.78 is 48.9. The number of hydrogen-bond acceptors (Lipinski definition) is 11. The molecule has 56 heavy (non-hydrogen) atoms. The molecule has 0 radical (unpaired) electrons. The first-order valence-corrected chi connectivity index (χ1v) is 24.1. The zero-order chi connectivity index (χ0) is 40.7. The van der Waals surface area contributed by atoms with E-state index in [9.17, 15) is 18.9 Å². The summed E-state index contributed by atoms with van der Waals surface area (Å²) >= 11 is -0.177. The third kappa shape index (κ3) is 11.4. The maximum absolute atomic E-state index is 14.0. The number of benzene rings is 3. The topological polar surface area (TPSA) is 132 Å². The Morgan fingerprint density at radius 3 is 1.70 bits per heavy atom. The first-order valence-electron chi connectivity index (χ1n) is 19.0. The average molecular weight is 822 g/mol. The predicted octanol–water partition coefficient (Wildman–Crippen LogP) is 8.14. The molecule has 13 heteroatoms. The first kappa shape index (κ1) is 43.7. The number of ether oxygens (including phenoxy) is 4. The van der Waals surface area contributed by atoms with E-state index in [0.29, 0.717) is 18.8 Å². The van der Waals surface area contributed by atoms with Crippen LogP contribution >= 0.6 is 11.8 Å². The number of rotatable bonds is 11. The van der Waals surface area contributed by atoms with E-state index < -0.39 is 78.2 Å². The largest absolute Gasteiger partial charge is 0.598 e. The van der Waals surface area contributed by atoms with Gasteiger partial charge in [-0.05, 0) is 81.7 Å². The summed E-state index contributed by atoms with van der Waals surface area (Å²) in [7, 11) is -2.11. The van der Waals surface area contributed by atoms with E-state index in [1.165, 1.54) is 11.8 Å². The molecule has 0 aromatic heterocycles. The second-order valence-electron chi connectivity index (χ2n) is 16.6. The average Bonchev–Trinajstić information content (AvgIpc) is 3.16. The second-order valence-corrected chi connectivity index (χ2v) is 24.5. The summed E-state index contributed by atoms with van der Waals surface area (Å²) in [6.07, 6.45) is -0.422. The Balaban J connectivity index is 1.62. The third-order valence-corrected chi connectivity index (χ3v) is 17.7. The van der Waals surface area contributed by atoms with Gasteiger partial charge in [-0.25, -0.2) is 14.4 Å². The Hall–Kier alpha value is -3.43. The van der Waals surface area contributed by atoms with Crippen LogP contribution < -0.4 is 4.72 Å². The van der Waals surface area contributed by atoms with E-state index in [0.717, 1.165) is 0 Å². The standard InChI is InChI=1S/C43H55NO9S2Si/c1-42(2,3)55(48)44-33-26-18-19-29(27-49-56(7,8)43(4,5)6)28-54-41-37(52-40(47)32-24-16-11-17-25-32)36(51-39(46)31-22-14-10-15-23-31)35(34(33)53-41)50-38(45)30-20-12-9-13-21-30/h9-25,29,33-37,41,44H,26-28H2,1-8H3/t29-,33+,34+,35-,36-,37+,41+,55?/m0/s1. The number of thioether (sulfide) groups is 1. The van der Waals surface area contributed by atoms with Crippen LogP contribution in [-0.2, 0) is 34.7 Å². The molecule has 3 aromatic carbocycles. The van der Waals surface area contributed by atoms with E-state index in [1.807, 2.05) is 26.8 Å². The van der Waals surface area contributed by atoms with Crippen LogP contribution in [0.5, 0.6) is 0 Å². The van der Waals surface area contributed by atoms with Crippen molar-refractivity contribution in [2.24, 2.45) is 5.92 Å². The highest BCUT2D eigenvalue weighted by Gasteiger charge is 2.56. The molecular formula is C43H55NO9S2Si. The van der Waals surface area contributed by atoms with E-state index in [-0.39, 0.29) is 27.6 Å². The number of esters is 3. The first-order chi connectivity index (χ1) is 26.4. The van der Waals surface area contributed by atoms with E-state index in [2.05, 4.69) is 44.7 Å². The zero-order valence-corrected chi connectivity index (χ0v) is 36.1. The monoisotopic (exact) mass is 821 g/mol. The van der Waals surface area contributed by atoms with Crippen LogP contribution in [0.25, 0.3) is 0 Å². The summed E-state index contributed by atoms with van der Waals surface area (Å²) in [6, 6.07) is 24.7. The smallest absolute Gasteiger partial charge is 0.338 e. The van der Waals surface area contributed by atoms with Gasteiger partial charge >= 0.3 is 17.9 Å². The zero-order valence-electron chi connectivity index (χ0n) is 33.5. The lowest BCUT2D eigenvalue weighted by Crippen LogP contribution is -2.66. The highest BCUT2D eigenvalue weighted by molar-refractivity contribution is 7.99. The van der Waals surface area contributed by atoms with E-state index in [4.69, 9.17) is 23.4 Å². The Morgan fingerprint density at radius 2 is 1.23 bits per heavy atom. The van der Waals surface area contributed by atoms with Crippen LogP contribution in [0.3, 0.4) is 0 Å². The summed E-state index contributed by atoms with van der Waals surface area (Å²) in [5.41, 5.74) is -0.0881. The van der Waals surface area contributed by atoms with Crippen molar-refractivity contribution >= 4 is 49.3 Å². The molecule has 8 atom stereocenters. The van der Waals surface area contributed by atoms with Crippen LogP contribution in [0.15, 0.2) is 103 Å². The van der Waals surface area contributed by atoms with Crippen molar-refractivity contribution in [1.82, 2.24) is 4.72 Å². The molecule has 5 rings (SSSR count). The minimum atomic E-state index is -2.11. The molecule has 1 saturated heterocycles. The summed E-state index contributed by atoms with van der Waals surface area (Å²) in [5.74, 6) is -1.60. The number of hydrogen-bond donors (Lipinski definition) is 1. The summed E-state index contributed by atoms with van der Waals surface area (Å²) in [4.78, 5) is 41.8. The van der Waals surface area contributed by atoms with Crippen LogP contribution in [0.2, 0.25) is 18.1 Å². The molecule has 0 saturated carbocycles. The maximum atomic E-state index is 14.0. The number of nitrogens with one attached hydrogen (secondary N) is 1. The molecule has 0 spiro atoms. The molecular weight excluding hydrogens is 767 g/mol. The normalized spacial score (nSPS) is 25.1. The lowest BCUT2D eigenvalue weighted by Gasteiger charge is -2.47. The lowest BCUT2D eigenvalue weighted by molar-refractivity contribution is -0.205. The van der Waals surface area contributed by atoms with Crippen molar-refractivity contribution in [3.8, 4) is 0 Å². The molecule has 2 aliphatic heterocycles. The van der Waals surface area contributed by atoms with Gasteiger partial charge in [0.15, 0.2) is 26.6 Å². The third-order valence-electron chi connectivity index (χ3n) is 10.2. The van der Waals surface area contributed by atoms with Gasteiger partial charge in [-0.2, -0.15) is 0 Å². The van der Waals surface area contributed by atoms with Gasteiger partial charge in [0.2, 0.25) is 0 Å². The van der Waals surface area contributed by atoms with Gasteiger partial charge in [-0.1, -0.05) is 87.5 Å². The summed E-state index contributed by atoms with van der Waals surface area (Å²) in [6.45, 7) is 17.0. The Morgan fingerprint density at radius 1 is 0.768 bits per heavy atom. The van der Waals surface area contributed by atoms with E-state index >= 15 is 0 Å². The van der Waals surface area contributed by atoms with Crippen LogP contribution in [0.1, 0.15) is 79.0 Å². The number of carbonyl (C=O) groups is 3. The van der Waals surface area contributed by atoms with Crippen molar-refractivity contribution in [1.29, 1.82) is 0 Å². The molecule has 2 aliphatic rings. The fourth-order valence-corrected chi connectivity index (χ4v) is 9.05. The van der Waals surface area contributed by atoms with Crippen LogP contribution in [0.4, 0.5) is 0 Å². The second kappa shape index (κ2) is 18.9. The quantitative estimate of drug-likeness (QED) is 0.0661. The summed E-state index contributed by atoms with van der Waals surface area (Å²) in [5, 5.41) is 0.00433. The van der Waals surface area contributed by atoms with Crippen molar-refractivity contribution in [3.63, 3.8) is 0 Å². The molecule has 1 unspecified atom stereocenters. The molecule has 0 amide bonds. The van der Waals surface area contributed by atoms with Gasteiger partial charge in [-0.15, -0.1) is 16.5 Å². The molecule has 2 heterocycles. The van der Waals surface area contributed by atoms with Gasteiger partial charge in [0, 0.05) is 29.6 Å². The predicted molar refractivity (Wildman–Crippen MR) is 223 cm³/mol. The fourth-order valence-electron chi connectivity index (χ4n) is 5.88. The molecule has 1 fully saturated rings. The fraction of sp³-hybridized carbons (Fsp3) is 0.465. The number of fused-ring (bicyclic) bond motifs is 2. The minimum Gasteiger partial charge on any atom is -0.598 e. The highest BCUT2D eigenvalue weighted by atomic mass is 32.2.